The second kappa shape index (κ2) is 4.07. The van der Waals surface area contributed by atoms with Crippen molar-refractivity contribution >= 4 is 5.91 Å². The van der Waals surface area contributed by atoms with Gasteiger partial charge in [-0.3, -0.25) is 9.48 Å². The van der Waals surface area contributed by atoms with Crippen molar-refractivity contribution in [3.8, 4) is 0 Å². The highest BCUT2D eigenvalue weighted by atomic mass is 16.2. The Kier molecular flexibility index (Phi) is 3.06. The maximum Gasteiger partial charge on any atom is 0.271 e. The minimum Gasteiger partial charge on any atom is -0.348 e. The molecule has 4 heteroatoms. The van der Waals surface area contributed by atoms with Gasteiger partial charge in [0, 0.05) is 19.3 Å². The van der Waals surface area contributed by atoms with Gasteiger partial charge < -0.3 is 5.32 Å². The molecule has 1 amide bonds. The third-order valence-corrected chi connectivity index (χ3v) is 1.94. The predicted octanol–water partition coefficient (Wildman–Crippen LogP) is 0.948. The number of nitrogens with one attached hydrogen (secondary N) is 1. The number of aryl methyl sites for hydroxylation is 1. The first kappa shape index (κ1) is 9.77. The van der Waals surface area contributed by atoms with E-state index in [0.29, 0.717) is 5.69 Å². The summed E-state index contributed by atoms with van der Waals surface area (Å²) in [6.45, 7) is 4.00. The van der Waals surface area contributed by atoms with Gasteiger partial charge in [0.2, 0.25) is 0 Å². The van der Waals surface area contributed by atoms with Crippen LogP contribution in [0.4, 0.5) is 0 Å². The maximum atomic E-state index is 11.4. The maximum absolute atomic E-state index is 11.4. The number of carbonyl (C=O) groups is 1. The molecule has 0 spiro atoms. The SMILES string of the molecule is CC[C@@H](C)NC(=O)c1ccn(C)n1. The van der Waals surface area contributed by atoms with Crippen molar-refractivity contribution in [3.63, 3.8) is 0 Å². The summed E-state index contributed by atoms with van der Waals surface area (Å²) in [5, 5.41) is 6.85. The lowest BCUT2D eigenvalue weighted by molar-refractivity contribution is 0.0933. The topological polar surface area (TPSA) is 46.9 Å². The predicted molar refractivity (Wildman–Crippen MR) is 50.4 cm³/mol. The van der Waals surface area contributed by atoms with Gasteiger partial charge >= 0.3 is 0 Å². The molecule has 1 atom stereocenters. The summed E-state index contributed by atoms with van der Waals surface area (Å²) in [7, 11) is 1.79. The smallest absolute Gasteiger partial charge is 0.271 e. The second-order valence-corrected chi connectivity index (χ2v) is 3.16. The summed E-state index contributed by atoms with van der Waals surface area (Å²) in [4.78, 5) is 11.4. The largest absolute Gasteiger partial charge is 0.348 e. The van der Waals surface area contributed by atoms with E-state index in [9.17, 15) is 4.79 Å². The quantitative estimate of drug-likeness (QED) is 0.754. The summed E-state index contributed by atoms with van der Waals surface area (Å²) in [5.74, 6) is -0.102. The van der Waals surface area contributed by atoms with Crippen LogP contribution in [0, 0.1) is 0 Å². The van der Waals surface area contributed by atoms with Crippen molar-refractivity contribution in [1.82, 2.24) is 15.1 Å². The number of carbonyl (C=O) groups excluding carboxylic acids is 1. The van der Waals surface area contributed by atoms with Crippen LogP contribution in [0.2, 0.25) is 0 Å². The Hall–Kier alpha value is -1.32. The molecule has 13 heavy (non-hydrogen) atoms. The average molecular weight is 181 g/mol. The van der Waals surface area contributed by atoms with Gasteiger partial charge in [0.15, 0.2) is 0 Å². The summed E-state index contributed by atoms with van der Waals surface area (Å²) < 4.78 is 1.62. The lowest BCUT2D eigenvalue weighted by atomic mass is 10.2. The lowest BCUT2D eigenvalue weighted by Crippen LogP contribution is -2.32. The van der Waals surface area contributed by atoms with Crippen LogP contribution in [-0.2, 0) is 7.05 Å². The molecule has 0 radical (unpaired) electrons. The van der Waals surface area contributed by atoms with Crippen molar-refractivity contribution in [1.29, 1.82) is 0 Å². The Morgan fingerprint density at radius 2 is 2.46 bits per heavy atom. The van der Waals surface area contributed by atoms with Crippen LogP contribution in [0.1, 0.15) is 30.8 Å². The van der Waals surface area contributed by atoms with Crippen LogP contribution < -0.4 is 5.32 Å². The molecule has 1 N–H and O–H groups in total. The molecular formula is C9H15N3O. The van der Waals surface area contributed by atoms with Gasteiger partial charge in [-0.15, -0.1) is 0 Å². The molecule has 0 aliphatic heterocycles. The highest BCUT2D eigenvalue weighted by Gasteiger charge is 2.10. The van der Waals surface area contributed by atoms with E-state index in [1.807, 2.05) is 13.8 Å². The van der Waals surface area contributed by atoms with Crippen molar-refractivity contribution in [2.75, 3.05) is 0 Å². The molecule has 0 aliphatic carbocycles. The molecule has 72 valence electrons. The highest BCUT2D eigenvalue weighted by Crippen LogP contribution is 1.96. The van der Waals surface area contributed by atoms with E-state index in [4.69, 9.17) is 0 Å². The number of hydrogen-bond acceptors (Lipinski definition) is 2. The molecular weight excluding hydrogens is 166 g/mol. The van der Waals surface area contributed by atoms with E-state index in [1.165, 1.54) is 0 Å². The molecule has 0 fully saturated rings. The summed E-state index contributed by atoms with van der Waals surface area (Å²) >= 11 is 0. The van der Waals surface area contributed by atoms with Gasteiger partial charge in [0.25, 0.3) is 5.91 Å². The van der Waals surface area contributed by atoms with Crippen molar-refractivity contribution in [2.24, 2.45) is 7.05 Å². The fraction of sp³-hybridized carbons (Fsp3) is 0.556. The van der Waals surface area contributed by atoms with Crippen LogP contribution >= 0.6 is 0 Å². The van der Waals surface area contributed by atoms with Crippen LogP contribution in [0.25, 0.3) is 0 Å². The van der Waals surface area contributed by atoms with Gasteiger partial charge in [0.05, 0.1) is 0 Å². The van der Waals surface area contributed by atoms with Crippen LogP contribution in [0.5, 0.6) is 0 Å². The van der Waals surface area contributed by atoms with Gasteiger partial charge in [-0.1, -0.05) is 6.92 Å². The average Bonchev–Trinajstić information content (AvgIpc) is 2.51. The Balaban J connectivity index is 2.58. The number of hydrogen-bond donors (Lipinski definition) is 1. The molecule has 4 nitrogen and oxygen atoms in total. The van der Waals surface area contributed by atoms with E-state index in [-0.39, 0.29) is 11.9 Å². The minimum absolute atomic E-state index is 0.102. The highest BCUT2D eigenvalue weighted by molar-refractivity contribution is 5.92. The molecule has 0 aromatic carbocycles. The number of aromatic nitrogens is 2. The molecule has 1 rings (SSSR count). The molecule has 0 unspecified atom stereocenters. The molecule has 1 heterocycles. The summed E-state index contributed by atoms with van der Waals surface area (Å²) in [6, 6.07) is 1.91. The molecule has 0 saturated heterocycles. The van der Waals surface area contributed by atoms with E-state index in [2.05, 4.69) is 10.4 Å². The zero-order chi connectivity index (χ0) is 9.84. The minimum atomic E-state index is -0.102. The van der Waals surface area contributed by atoms with Gasteiger partial charge in [-0.2, -0.15) is 5.10 Å². The lowest BCUT2D eigenvalue weighted by Gasteiger charge is -2.09. The Morgan fingerprint density at radius 1 is 1.77 bits per heavy atom. The molecule has 1 aromatic heterocycles. The Bertz CT molecular complexity index is 293. The number of rotatable bonds is 3. The zero-order valence-corrected chi connectivity index (χ0v) is 8.24. The first-order valence-electron chi connectivity index (χ1n) is 4.44. The molecule has 0 aliphatic rings. The van der Waals surface area contributed by atoms with Crippen molar-refractivity contribution in [3.05, 3.63) is 18.0 Å². The standard InChI is InChI=1S/C9H15N3O/c1-4-7(2)10-9(13)8-5-6-12(3)11-8/h5-7H,4H2,1-3H3,(H,10,13)/t7-/m1/s1. The van der Waals surface area contributed by atoms with Crippen LogP contribution in [-0.4, -0.2) is 21.7 Å². The van der Waals surface area contributed by atoms with Crippen molar-refractivity contribution < 1.29 is 4.79 Å². The zero-order valence-electron chi connectivity index (χ0n) is 8.24. The Morgan fingerprint density at radius 3 is 2.92 bits per heavy atom. The second-order valence-electron chi connectivity index (χ2n) is 3.16. The number of amides is 1. The fourth-order valence-corrected chi connectivity index (χ4v) is 0.936. The fourth-order valence-electron chi connectivity index (χ4n) is 0.936. The van der Waals surface area contributed by atoms with E-state index < -0.39 is 0 Å². The van der Waals surface area contributed by atoms with Gasteiger partial charge in [0.1, 0.15) is 5.69 Å². The third-order valence-electron chi connectivity index (χ3n) is 1.94. The first-order valence-corrected chi connectivity index (χ1v) is 4.44. The van der Waals surface area contributed by atoms with Gasteiger partial charge in [-0.25, -0.2) is 0 Å². The Labute approximate surface area is 77.9 Å². The monoisotopic (exact) mass is 181 g/mol. The number of nitrogens with zero attached hydrogens (tertiary/aromatic N) is 2. The van der Waals surface area contributed by atoms with Crippen LogP contribution in [0.15, 0.2) is 12.3 Å². The van der Waals surface area contributed by atoms with E-state index >= 15 is 0 Å². The van der Waals surface area contributed by atoms with Crippen molar-refractivity contribution in [2.45, 2.75) is 26.3 Å². The van der Waals surface area contributed by atoms with Gasteiger partial charge in [-0.05, 0) is 19.4 Å². The summed E-state index contributed by atoms with van der Waals surface area (Å²) in [5.41, 5.74) is 0.475. The third kappa shape index (κ3) is 2.57. The molecule has 0 saturated carbocycles. The van der Waals surface area contributed by atoms with E-state index in [0.717, 1.165) is 6.42 Å². The molecule has 1 aromatic rings. The first-order chi connectivity index (χ1) is 6.13. The molecule has 0 bridgehead atoms. The summed E-state index contributed by atoms with van der Waals surface area (Å²) in [6.07, 6.45) is 2.68. The normalized spacial score (nSPS) is 12.5. The van der Waals surface area contributed by atoms with E-state index in [1.54, 1.807) is 24.0 Å². The van der Waals surface area contributed by atoms with Crippen LogP contribution in [0.3, 0.4) is 0 Å².